The first-order valence-corrected chi connectivity index (χ1v) is 11.7. The van der Waals surface area contributed by atoms with Crippen LogP contribution in [0.2, 0.25) is 0 Å². The maximum absolute atomic E-state index is 12.9. The van der Waals surface area contributed by atoms with E-state index in [2.05, 4.69) is 34.3 Å². The van der Waals surface area contributed by atoms with Crippen molar-refractivity contribution in [3.05, 3.63) is 12.2 Å². The van der Waals surface area contributed by atoms with Crippen LogP contribution in [0.25, 0.3) is 0 Å². The van der Waals surface area contributed by atoms with Gasteiger partial charge in [0.05, 0.1) is 0 Å². The lowest BCUT2D eigenvalue weighted by molar-refractivity contribution is 0.00928. The van der Waals surface area contributed by atoms with Crippen molar-refractivity contribution in [1.82, 2.24) is 29.9 Å². The van der Waals surface area contributed by atoms with Crippen molar-refractivity contribution in [3.8, 4) is 0 Å². The molecule has 1 aliphatic heterocycles. The lowest BCUT2D eigenvalue weighted by atomic mass is 10.0. The highest BCUT2D eigenvalue weighted by Crippen LogP contribution is 2.32. The van der Waals surface area contributed by atoms with Gasteiger partial charge in [0.25, 0.3) is 0 Å². The van der Waals surface area contributed by atoms with Gasteiger partial charge in [-0.3, -0.25) is 0 Å². The Balaban J connectivity index is 1.61. The van der Waals surface area contributed by atoms with Crippen LogP contribution in [0.5, 0.6) is 0 Å². The minimum atomic E-state index is -0.469. The van der Waals surface area contributed by atoms with E-state index in [4.69, 9.17) is 9.73 Å². The van der Waals surface area contributed by atoms with E-state index in [1.165, 1.54) is 12.8 Å². The SMILES string of the molecule is CCNC(=NCc1nncn1CC)N1CCC(N(CC2CC2)C(=O)OC(C)(C)C)CC1. The van der Waals surface area contributed by atoms with Crippen molar-refractivity contribution in [1.29, 1.82) is 0 Å². The van der Waals surface area contributed by atoms with Crippen LogP contribution in [0, 0.1) is 5.92 Å². The third kappa shape index (κ3) is 6.83. The normalized spacial score (nSPS) is 18.2. The molecule has 2 aliphatic rings. The molecule has 1 aromatic heterocycles. The number of carbonyl (C=O) groups is 1. The Hall–Kier alpha value is -2.32. The van der Waals surface area contributed by atoms with Crippen LogP contribution in [0.3, 0.4) is 0 Å². The number of carbonyl (C=O) groups excluding carboxylic acids is 1. The molecule has 0 spiro atoms. The number of rotatable bonds is 7. The molecule has 1 N–H and O–H groups in total. The average Bonchev–Trinajstić information content (AvgIpc) is 3.43. The standard InChI is InChI=1S/C22H39N7O2/c1-6-23-20(24-14-19-26-25-16-27(19)7-2)28-12-10-18(11-13-28)29(15-17-8-9-17)21(30)31-22(3,4)5/h16-18H,6-15H2,1-5H3,(H,23,24). The molecule has 9 nitrogen and oxygen atoms in total. The maximum Gasteiger partial charge on any atom is 0.410 e. The van der Waals surface area contributed by atoms with E-state index in [1.807, 2.05) is 30.2 Å². The number of aliphatic imine (C=N–C) groups is 1. The van der Waals surface area contributed by atoms with Crippen LogP contribution in [0.15, 0.2) is 11.3 Å². The molecule has 1 saturated carbocycles. The minimum Gasteiger partial charge on any atom is -0.444 e. The monoisotopic (exact) mass is 433 g/mol. The Morgan fingerprint density at radius 3 is 2.55 bits per heavy atom. The van der Waals surface area contributed by atoms with E-state index >= 15 is 0 Å². The summed E-state index contributed by atoms with van der Waals surface area (Å²) < 4.78 is 7.73. The molecule has 0 aromatic carbocycles. The molecule has 2 fully saturated rings. The van der Waals surface area contributed by atoms with Gasteiger partial charge in [0, 0.05) is 38.8 Å². The molecule has 1 aliphatic carbocycles. The smallest absolute Gasteiger partial charge is 0.410 e. The molecule has 31 heavy (non-hydrogen) atoms. The number of amides is 1. The molecular weight excluding hydrogens is 394 g/mol. The zero-order chi connectivity index (χ0) is 22.4. The van der Waals surface area contributed by atoms with Gasteiger partial charge in [0.2, 0.25) is 0 Å². The van der Waals surface area contributed by atoms with Gasteiger partial charge in [-0.2, -0.15) is 0 Å². The number of nitrogens with one attached hydrogen (secondary N) is 1. The van der Waals surface area contributed by atoms with Crippen molar-refractivity contribution in [2.75, 3.05) is 26.2 Å². The van der Waals surface area contributed by atoms with Crippen LogP contribution in [0.1, 0.15) is 66.1 Å². The zero-order valence-electron chi connectivity index (χ0n) is 19.8. The first-order valence-electron chi connectivity index (χ1n) is 11.7. The Kier molecular flexibility index (Phi) is 7.78. The molecule has 1 saturated heterocycles. The van der Waals surface area contributed by atoms with Crippen molar-refractivity contribution < 1.29 is 9.53 Å². The molecule has 0 bridgehead atoms. The predicted octanol–water partition coefficient (Wildman–Crippen LogP) is 2.88. The first kappa shape index (κ1) is 23.3. The second kappa shape index (κ2) is 10.3. The molecule has 0 atom stereocenters. The highest BCUT2D eigenvalue weighted by atomic mass is 16.6. The quantitative estimate of drug-likeness (QED) is 0.525. The number of ether oxygens (including phenoxy) is 1. The van der Waals surface area contributed by atoms with E-state index in [-0.39, 0.29) is 12.1 Å². The van der Waals surface area contributed by atoms with Crippen LogP contribution in [0.4, 0.5) is 4.79 Å². The summed E-state index contributed by atoms with van der Waals surface area (Å²) in [5.41, 5.74) is -0.469. The van der Waals surface area contributed by atoms with Gasteiger partial charge in [-0.15, -0.1) is 10.2 Å². The van der Waals surface area contributed by atoms with Crippen molar-refractivity contribution in [2.45, 2.75) is 85.0 Å². The van der Waals surface area contributed by atoms with Gasteiger partial charge in [-0.1, -0.05) is 0 Å². The highest BCUT2D eigenvalue weighted by molar-refractivity contribution is 5.80. The van der Waals surface area contributed by atoms with Crippen molar-refractivity contribution in [3.63, 3.8) is 0 Å². The summed E-state index contributed by atoms with van der Waals surface area (Å²) in [6, 6.07) is 0.220. The topological polar surface area (TPSA) is 87.9 Å². The second-order valence-corrected chi connectivity index (χ2v) is 9.50. The summed E-state index contributed by atoms with van der Waals surface area (Å²) in [7, 11) is 0. The third-order valence-electron chi connectivity index (χ3n) is 5.73. The predicted molar refractivity (Wildman–Crippen MR) is 121 cm³/mol. The van der Waals surface area contributed by atoms with E-state index in [9.17, 15) is 4.79 Å². The molecule has 9 heteroatoms. The summed E-state index contributed by atoms with van der Waals surface area (Å²) in [5, 5.41) is 11.6. The third-order valence-corrected chi connectivity index (χ3v) is 5.73. The summed E-state index contributed by atoms with van der Waals surface area (Å²) in [4.78, 5) is 22.0. The summed E-state index contributed by atoms with van der Waals surface area (Å²) in [6.07, 6.45) is 5.85. The molecule has 0 unspecified atom stereocenters. The number of hydrogen-bond donors (Lipinski definition) is 1. The molecule has 1 amide bonds. The van der Waals surface area contributed by atoms with E-state index in [0.717, 1.165) is 57.3 Å². The lowest BCUT2D eigenvalue weighted by Gasteiger charge is -2.40. The van der Waals surface area contributed by atoms with Crippen LogP contribution in [-0.4, -0.2) is 74.4 Å². The van der Waals surface area contributed by atoms with Gasteiger partial charge >= 0.3 is 6.09 Å². The summed E-state index contributed by atoms with van der Waals surface area (Å²) >= 11 is 0. The Morgan fingerprint density at radius 2 is 1.97 bits per heavy atom. The molecule has 2 heterocycles. The van der Waals surface area contributed by atoms with E-state index < -0.39 is 5.60 Å². The summed E-state index contributed by atoms with van der Waals surface area (Å²) in [5.74, 6) is 2.41. The number of likely N-dealkylation sites (tertiary alicyclic amines) is 1. The van der Waals surface area contributed by atoms with Crippen LogP contribution >= 0.6 is 0 Å². The average molecular weight is 434 g/mol. The number of aromatic nitrogens is 3. The molecule has 174 valence electrons. The first-order chi connectivity index (χ1) is 14.8. The fourth-order valence-corrected chi connectivity index (χ4v) is 3.90. The van der Waals surface area contributed by atoms with Gasteiger partial charge in [-0.25, -0.2) is 9.79 Å². The van der Waals surface area contributed by atoms with E-state index in [0.29, 0.717) is 12.5 Å². The second-order valence-electron chi connectivity index (χ2n) is 9.50. The van der Waals surface area contributed by atoms with Crippen LogP contribution < -0.4 is 5.32 Å². The summed E-state index contributed by atoms with van der Waals surface area (Å²) in [6.45, 7) is 14.6. The molecule has 1 aromatic rings. The minimum absolute atomic E-state index is 0.169. The number of aryl methyl sites for hydroxylation is 1. The van der Waals surface area contributed by atoms with Gasteiger partial charge in [-0.05, 0) is 66.2 Å². The van der Waals surface area contributed by atoms with E-state index in [1.54, 1.807) is 6.33 Å². The zero-order valence-corrected chi connectivity index (χ0v) is 19.8. The largest absolute Gasteiger partial charge is 0.444 e. The molecule has 0 radical (unpaired) electrons. The fourth-order valence-electron chi connectivity index (χ4n) is 3.90. The Morgan fingerprint density at radius 1 is 1.26 bits per heavy atom. The maximum atomic E-state index is 12.9. The van der Waals surface area contributed by atoms with Gasteiger partial charge < -0.3 is 24.4 Å². The number of hydrogen-bond acceptors (Lipinski definition) is 5. The highest BCUT2D eigenvalue weighted by Gasteiger charge is 2.35. The van der Waals surface area contributed by atoms with Crippen molar-refractivity contribution >= 4 is 12.1 Å². The lowest BCUT2D eigenvalue weighted by Crippen LogP contribution is -2.52. The number of nitrogens with zero attached hydrogens (tertiary/aromatic N) is 6. The fraction of sp³-hybridized carbons (Fsp3) is 0.818. The number of piperidine rings is 1. The molecule has 3 rings (SSSR count). The van der Waals surface area contributed by atoms with Gasteiger partial charge in [0.15, 0.2) is 11.8 Å². The molecular formula is C22H39N7O2. The van der Waals surface area contributed by atoms with Gasteiger partial charge in [0.1, 0.15) is 18.5 Å². The van der Waals surface area contributed by atoms with Crippen molar-refractivity contribution in [2.24, 2.45) is 10.9 Å². The Labute approximate surface area is 186 Å². The Bertz CT molecular complexity index is 743. The van der Waals surface area contributed by atoms with Crippen LogP contribution in [-0.2, 0) is 17.8 Å². The number of guanidine groups is 1.